The molecule has 0 fully saturated rings. The molecular weight excluding hydrogens is 369 g/mol. The number of rotatable bonds is 4. The second-order valence-electron chi connectivity index (χ2n) is 5.94. The van der Waals surface area contributed by atoms with Crippen LogP contribution in [0.5, 0.6) is 5.75 Å². The lowest BCUT2D eigenvalue weighted by molar-refractivity contribution is -0.174. The van der Waals surface area contributed by atoms with Crippen LogP contribution in [0.15, 0.2) is 48.0 Å². The van der Waals surface area contributed by atoms with Gasteiger partial charge in [-0.25, -0.2) is 0 Å². The van der Waals surface area contributed by atoms with Crippen molar-refractivity contribution in [1.29, 1.82) is 0 Å². The second kappa shape index (κ2) is 7.03. The Bertz CT molecular complexity index is 860. The van der Waals surface area contributed by atoms with Gasteiger partial charge >= 0.3 is 12.1 Å². The van der Waals surface area contributed by atoms with Crippen LogP contribution in [0.4, 0.5) is 13.2 Å². The molecule has 0 aliphatic carbocycles. The van der Waals surface area contributed by atoms with Gasteiger partial charge in [0, 0.05) is 16.1 Å². The van der Waals surface area contributed by atoms with Crippen molar-refractivity contribution >= 4 is 23.6 Å². The summed E-state index contributed by atoms with van der Waals surface area (Å²) in [6.07, 6.45) is -4.38. The minimum Gasteiger partial charge on any atom is -0.488 e. The van der Waals surface area contributed by atoms with Crippen molar-refractivity contribution in [3.05, 3.63) is 58.6 Å². The summed E-state index contributed by atoms with van der Waals surface area (Å²) < 4.78 is 45.5. The maximum Gasteiger partial charge on any atom is 0.396 e. The number of aliphatic carboxylic acids is 1. The van der Waals surface area contributed by atoms with Crippen molar-refractivity contribution in [3.8, 4) is 16.9 Å². The van der Waals surface area contributed by atoms with E-state index in [4.69, 9.17) is 21.4 Å². The lowest BCUT2D eigenvalue weighted by Crippen LogP contribution is -2.30. The van der Waals surface area contributed by atoms with Crippen molar-refractivity contribution < 1.29 is 27.8 Å². The number of alkyl halides is 3. The Morgan fingerprint density at radius 2 is 1.92 bits per heavy atom. The number of carboxylic acid groups (broad SMARTS) is 1. The van der Waals surface area contributed by atoms with E-state index in [2.05, 4.69) is 0 Å². The smallest absolute Gasteiger partial charge is 0.396 e. The van der Waals surface area contributed by atoms with Gasteiger partial charge < -0.3 is 9.84 Å². The van der Waals surface area contributed by atoms with Gasteiger partial charge in [-0.05, 0) is 29.3 Å². The van der Waals surface area contributed by atoms with E-state index in [1.165, 1.54) is 12.1 Å². The third-order valence-corrected chi connectivity index (χ3v) is 4.33. The van der Waals surface area contributed by atoms with E-state index < -0.39 is 24.5 Å². The monoisotopic (exact) mass is 382 g/mol. The summed E-state index contributed by atoms with van der Waals surface area (Å²) in [5, 5.41) is 9.17. The van der Waals surface area contributed by atoms with Crippen molar-refractivity contribution in [1.82, 2.24) is 0 Å². The quantitative estimate of drug-likeness (QED) is 0.766. The summed E-state index contributed by atoms with van der Waals surface area (Å²) in [6.45, 7) is -0.327. The average Bonchev–Trinajstić information content (AvgIpc) is 2.58. The van der Waals surface area contributed by atoms with Crippen molar-refractivity contribution in [3.63, 3.8) is 0 Å². The van der Waals surface area contributed by atoms with Crippen LogP contribution >= 0.6 is 11.6 Å². The van der Waals surface area contributed by atoms with Gasteiger partial charge in [0.25, 0.3) is 0 Å². The van der Waals surface area contributed by atoms with Gasteiger partial charge in [0.2, 0.25) is 0 Å². The third-order valence-electron chi connectivity index (χ3n) is 4.11. The van der Waals surface area contributed by atoms with Crippen LogP contribution in [0.3, 0.4) is 0 Å². The molecule has 1 heterocycles. The molecule has 0 saturated heterocycles. The molecule has 7 heteroatoms. The highest BCUT2D eigenvalue weighted by molar-refractivity contribution is 6.31. The molecule has 1 aliphatic rings. The van der Waals surface area contributed by atoms with Crippen molar-refractivity contribution in [2.75, 3.05) is 6.61 Å². The Morgan fingerprint density at radius 3 is 2.54 bits per heavy atom. The van der Waals surface area contributed by atoms with Crippen LogP contribution in [0.25, 0.3) is 17.2 Å². The summed E-state index contributed by atoms with van der Waals surface area (Å²) in [4.78, 5) is 10.8. The number of carboxylic acids is 1. The number of ether oxygens (including phenoxy) is 1. The fourth-order valence-corrected chi connectivity index (χ4v) is 3.17. The lowest BCUT2D eigenvalue weighted by Gasteiger charge is -2.27. The zero-order chi connectivity index (χ0) is 18.9. The van der Waals surface area contributed by atoms with E-state index in [1.807, 2.05) is 30.3 Å². The fraction of sp³-hybridized carbons (Fsp3) is 0.211. The van der Waals surface area contributed by atoms with Crippen LogP contribution in [0, 0.1) is 5.92 Å². The minimum atomic E-state index is -4.67. The molecule has 2 aromatic carbocycles. The van der Waals surface area contributed by atoms with E-state index in [0.717, 1.165) is 5.56 Å². The first-order chi connectivity index (χ1) is 12.3. The Kier molecular flexibility index (Phi) is 4.96. The standard InChI is InChI=1S/C19H14ClF3O3/c20-14-7-12-6-13(16(9-17(24)25)19(21,22)23)10-26-18(12)15(8-14)11-4-2-1-3-5-11/h1-8,16H,9-10H2,(H,24,25). The zero-order valence-electron chi connectivity index (χ0n) is 13.4. The van der Waals surface area contributed by atoms with E-state index in [9.17, 15) is 18.0 Å². The zero-order valence-corrected chi connectivity index (χ0v) is 14.1. The number of hydrogen-bond donors (Lipinski definition) is 1. The fourth-order valence-electron chi connectivity index (χ4n) is 2.94. The van der Waals surface area contributed by atoms with E-state index in [-0.39, 0.29) is 12.2 Å². The summed E-state index contributed by atoms with van der Waals surface area (Å²) in [6, 6.07) is 12.4. The van der Waals surface area contributed by atoms with Crippen molar-refractivity contribution in [2.45, 2.75) is 12.6 Å². The highest BCUT2D eigenvalue weighted by Crippen LogP contribution is 2.43. The predicted molar refractivity (Wildman–Crippen MR) is 92.2 cm³/mol. The molecule has 1 unspecified atom stereocenters. The third kappa shape index (κ3) is 3.85. The van der Waals surface area contributed by atoms with Gasteiger partial charge in [-0.15, -0.1) is 0 Å². The topological polar surface area (TPSA) is 46.5 Å². The molecule has 1 N–H and O–H groups in total. The predicted octanol–water partition coefficient (Wildman–Crippen LogP) is 5.44. The normalized spacial score (nSPS) is 14.8. The molecule has 2 aromatic rings. The molecule has 0 radical (unpaired) electrons. The molecule has 0 amide bonds. The molecule has 0 saturated carbocycles. The van der Waals surface area contributed by atoms with Gasteiger partial charge in [0.1, 0.15) is 12.4 Å². The van der Waals surface area contributed by atoms with Crippen molar-refractivity contribution in [2.24, 2.45) is 5.92 Å². The molecule has 136 valence electrons. The summed E-state index contributed by atoms with van der Waals surface area (Å²) in [5.74, 6) is -3.19. The van der Waals surface area contributed by atoms with E-state index in [0.29, 0.717) is 21.9 Å². The SMILES string of the molecule is O=C(O)CC(C1=Cc2cc(Cl)cc(-c3ccccc3)c2OC1)C(F)(F)F. The number of benzene rings is 2. The maximum atomic E-state index is 13.3. The number of carbonyl (C=O) groups is 1. The molecule has 0 spiro atoms. The molecular formula is C19H14ClF3O3. The Balaban J connectivity index is 2.07. The first kappa shape index (κ1) is 18.3. The second-order valence-corrected chi connectivity index (χ2v) is 6.37. The van der Waals surface area contributed by atoms with Gasteiger partial charge in [-0.1, -0.05) is 41.9 Å². The summed E-state index contributed by atoms with van der Waals surface area (Å²) >= 11 is 6.13. The average molecular weight is 383 g/mol. The maximum absolute atomic E-state index is 13.3. The highest BCUT2D eigenvalue weighted by Gasteiger charge is 2.44. The van der Waals surface area contributed by atoms with Crippen LogP contribution in [-0.2, 0) is 4.79 Å². The lowest BCUT2D eigenvalue weighted by atomic mass is 9.90. The number of hydrogen-bond acceptors (Lipinski definition) is 2. The highest BCUT2D eigenvalue weighted by atomic mass is 35.5. The van der Waals surface area contributed by atoms with Gasteiger partial charge in [-0.2, -0.15) is 13.2 Å². The van der Waals surface area contributed by atoms with Crippen LogP contribution in [0.1, 0.15) is 12.0 Å². The van der Waals surface area contributed by atoms with Crippen LogP contribution < -0.4 is 4.74 Å². The van der Waals surface area contributed by atoms with Gasteiger partial charge in [0.05, 0.1) is 12.3 Å². The van der Waals surface area contributed by atoms with Crippen LogP contribution in [-0.4, -0.2) is 23.9 Å². The Labute approximate surface area is 152 Å². The largest absolute Gasteiger partial charge is 0.488 e. The van der Waals surface area contributed by atoms with E-state index in [1.54, 1.807) is 6.07 Å². The van der Waals surface area contributed by atoms with Gasteiger partial charge in [-0.3, -0.25) is 4.79 Å². The molecule has 3 rings (SSSR count). The summed E-state index contributed by atoms with van der Waals surface area (Å²) in [5.41, 5.74) is 1.76. The minimum absolute atomic E-state index is 0.131. The first-order valence-corrected chi connectivity index (χ1v) is 8.14. The Morgan fingerprint density at radius 1 is 1.23 bits per heavy atom. The van der Waals surface area contributed by atoms with Gasteiger partial charge in [0.15, 0.2) is 0 Å². The first-order valence-electron chi connectivity index (χ1n) is 7.76. The molecule has 3 nitrogen and oxygen atoms in total. The number of fused-ring (bicyclic) bond motifs is 1. The van der Waals surface area contributed by atoms with Crippen LogP contribution in [0.2, 0.25) is 5.02 Å². The molecule has 0 aromatic heterocycles. The number of halogens is 4. The molecule has 0 bridgehead atoms. The van der Waals surface area contributed by atoms with E-state index >= 15 is 0 Å². The Hall–Kier alpha value is -2.47. The summed E-state index contributed by atoms with van der Waals surface area (Å²) in [7, 11) is 0. The molecule has 1 aliphatic heterocycles. The molecule has 26 heavy (non-hydrogen) atoms. The molecule has 1 atom stereocenters.